The summed E-state index contributed by atoms with van der Waals surface area (Å²) in [4.78, 5) is 11.9. The van der Waals surface area contributed by atoms with Gasteiger partial charge in [-0.05, 0) is 18.6 Å². The Bertz CT molecular complexity index is 677. The number of esters is 1. The molecule has 0 fully saturated rings. The molecular weight excluding hydrogens is 269 g/mol. The predicted molar refractivity (Wildman–Crippen MR) is 75.8 cm³/mol. The molecular formula is C17H14FNO2. The maximum atomic E-state index is 13.9. The van der Waals surface area contributed by atoms with Gasteiger partial charge in [-0.1, -0.05) is 42.5 Å². The van der Waals surface area contributed by atoms with Gasteiger partial charge >= 0.3 is 5.97 Å². The number of benzene rings is 2. The molecule has 0 aliphatic heterocycles. The second-order valence-corrected chi connectivity index (χ2v) is 4.61. The van der Waals surface area contributed by atoms with Gasteiger partial charge in [-0.2, -0.15) is 5.26 Å². The second-order valence-electron chi connectivity index (χ2n) is 4.61. The summed E-state index contributed by atoms with van der Waals surface area (Å²) in [5.41, 5.74) is 0.966. The predicted octanol–water partition coefficient (Wildman–Crippen LogP) is 3.54. The minimum atomic E-state index is -0.663. The summed E-state index contributed by atoms with van der Waals surface area (Å²) >= 11 is 0. The molecule has 0 aromatic heterocycles. The van der Waals surface area contributed by atoms with Crippen molar-refractivity contribution in [1.29, 1.82) is 5.26 Å². The first-order chi connectivity index (χ1) is 10.1. The van der Waals surface area contributed by atoms with Gasteiger partial charge in [0.25, 0.3) is 0 Å². The molecule has 21 heavy (non-hydrogen) atoms. The van der Waals surface area contributed by atoms with Gasteiger partial charge in [0.2, 0.25) is 0 Å². The lowest BCUT2D eigenvalue weighted by Crippen LogP contribution is -2.12. The van der Waals surface area contributed by atoms with E-state index >= 15 is 0 Å². The highest BCUT2D eigenvalue weighted by molar-refractivity contribution is 5.73. The third-order valence-electron chi connectivity index (χ3n) is 3.11. The summed E-state index contributed by atoms with van der Waals surface area (Å²) in [7, 11) is 0. The van der Waals surface area contributed by atoms with Crippen molar-refractivity contribution in [3.05, 3.63) is 71.0 Å². The highest BCUT2D eigenvalue weighted by Gasteiger charge is 2.15. The minimum absolute atomic E-state index is 0.0728. The van der Waals surface area contributed by atoms with Crippen LogP contribution in [0.4, 0.5) is 4.39 Å². The van der Waals surface area contributed by atoms with Crippen molar-refractivity contribution in [1.82, 2.24) is 0 Å². The average Bonchev–Trinajstić information content (AvgIpc) is 2.50. The first-order valence-corrected chi connectivity index (χ1v) is 6.53. The number of rotatable bonds is 4. The van der Waals surface area contributed by atoms with Crippen LogP contribution in [0, 0.1) is 17.1 Å². The zero-order chi connectivity index (χ0) is 15.2. The average molecular weight is 283 g/mol. The summed E-state index contributed by atoms with van der Waals surface area (Å²) in [6, 6.07) is 15.4. The van der Waals surface area contributed by atoms with Crippen molar-refractivity contribution in [3.63, 3.8) is 0 Å². The van der Waals surface area contributed by atoms with E-state index < -0.39 is 17.9 Å². The Kier molecular flexibility index (Phi) is 4.68. The van der Waals surface area contributed by atoms with E-state index in [9.17, 15) is 9.18 Å². The van der Waals surface area contributed by atoms with E-state index in [1.54, 1.807) is 19.1 Å². The summed E-state index contributed by atoms with van der Waals surface area (Å²) in [6.45, 7) is 1.76. The molecule has 0 saturated carbocycles. The van der Waals surface area contributed by atoms with Crippen LogP contribution >= 0.6 is 0 Å². The molecule has 0 radical (unpaired) electrons. The van der Waals surface area contributed by atoms with Crippen LogP contribution in [-0.4, -0.2) is 5.97 Å². The Morgan fingerprint density at radius 1 is 1.24 bits per heavy atom. The first kappa shape index (κ1) is 14.7. The molecule has 0 spiro atoms. The van der Waals surface area contributed by atoms with Crippen LogP contribution in [-0.2, 0) is 16.0 Å². The van der Waals surface area contributed by atoms with Crippen LogP contribution in [0.5, 0.6) is 0 Å². The number of ether oxygens (including phenoxy) is 1. The van der Waals surface area contributed by atoms with E-state index in [1.807, 2.05) is 30.3 Å². The van der Waals surface area contributed by atoms with Gasteiger partial charge in [0.1, 0.15) is 18.0 Å². The molecule has 106 valence electrons. The van der Waals surface area contributed by atoms with Crippen molar-refractivity contribution in [3.8, 4) is 6.07 Å². The van der Waals surface area contributed by atoms with Gasteiger partial charge in [0, 0.05) is 5.56 Å². The van der Waals surface area contributed by atoms with Crippen LogP contribution in [0.25, 0.3) is 0 Å². The van der Waals surface area contributed by atoms with E-state index in [4.69, 9.17) is 10.00 Å². The fourth-order valence-electron chi connectivity index (χ4n) is 1.99. The summed E-state index contributed by atoms with van der Waals surface area (Å²) < 4.78 is 19.1. The molecule has 0 bridgehead atoms. The highest BCUT2D eigenvalue weighted by Crippen LogP contribution is 2.18. The maximum Gasteiger partial charge on any atom is 0.310 e. The lowest BCUT2D eigenvalue weighted by molar-refractivity contribution is -0.147. The zero-order valence-electron chi connectivity index (χ0n) is 11.5. The Morgan fingerprint density at radius 3 is 2.62 bits per heavy atom. The van der Waals surface area contributed by atoms with Crippen molar-refractivity contribution in [2.45, 2.75) is 19.4 Å². The molecule has 3 nitrogen and oxygen atoms in total. The number of carbonyl (C=O) groups excluding carboxylic acids is 1. The first-order valence-electron chi connectivity index (χ1n) is 6.53. The summed E-state index contributed by atoms with van der Waals surface area (Å²) in [6.07, 6.45) is -0.598. The number of halogens is 1. The summed E-state index contributed by atoms with van der Waals surface area (Å²) in [5, 5.41) is 8.76. The van der Waals surface area contributed by atoms with E-state index in [-0.39, 0.29) is 17.5 Å². The Balaban J connectivity index is 2.04. The molecule has 0 heterocycles. The smallest absolute Gasteiger partial charge is 0.310 e. The Morgan fingerprint density at radius 2 is 1.95 bits per heavy atom. The fourth-order valence-corrected chi connectivity index (χ4v) is 1.99. The SMILES string of the molecule is CC(OC(=O)Cc1cccc(C#N)c1F)c1ccccc1. The molecule has 4 heteroatoms. The molecule has 1 atom stereocenters. The van der Waals surface area contributed by atoms with Crippen molar-refractivity contribution in [2.75, 3.05) is 0 Å². The Labute approximate surface area is 122 Å². The molecule has 2 aromatic rings. The number of nitrogens with zero attached hydrogens (tertiary/aromatic N) is 1. The van der Waals surface area contributed by atoms with Crippen LogP contribution in [0.3, 0.4) is 0 Å². The van der Waals surface area contributed by atoms with Crippen molar-refractivity contribution >= 4 is 5.97 Å². The van der Waals surface area contributed by atoms with Crippen molar-refractivity contribution < 1.29 is 13.9 Å². The molecule has 0 amide bonds. The van der Waals surface area contributed by atoms with E-state index in [0.29, 0.717) is 0 Å². The number of carbonyl (C=O) groups is 1. The number of hydrogen-bond acceptors (Lipinski definition) is 3. The van der Waals surface area contributed by atoms with E-state index in [2.05, 4.69) is 0 Å². The molecule has 2 rings (SSSR count). The van der Waals surface area contributed by atoms with E-state index in [0.717, 1.165) is 5.56 Å². The highest BCUT2D eigenvalue weighted by atomic mass is 19.1. The van der Waals surface area contributed by atoms with Gasteiger partial charge in [0.15, 0.2) is 0 Å². The zero-order valence-corrected chi connectivity index (χ0v) is 11.5. The van der Waals surface area contributed by atoms with Crippen LogP contribution in [0.2, 0.25) is 0 Å². The monoisotopic (exact) mass is 283 g/mol. The number of hydrogen-bond donors (Lipinski definition) is 0. The lowest BCUT2D eigenvalue weighted by atomic mass is 10.1. The van der Waals surface area contributed by atoms with Gasteiger partial charge in [0.05, 0.1) is 12.0 Å². The third-order valence-corrected chi connectivity index (χ3v) is 3.11. The van der Waals surface area contributed by atoms with Gasteiger partial charge < -0.3 is 4.74 Å². The topological polar surface area (TPSA) is 50.1 Å². The maximum absolute atomic E-state index is 13.9. The molecule has 0 aliphatic rings. The van der Waals surface area contributed by atoms with Crippen molar-refractivity contribution in [2.24, 2.45) is 0 Å². The largest absolute Gasteiger partial charge is 0.458 e. The quantitative estimate of drug-likeness (QED) is 0.806. The van der Waals surface area contributed by atoms with Gasteiger partial charge in [-0.25, -0.2) is 4.39 Å². The summed E-state index contributed by atoms with van der Waals surface area (Å²) in [5.74, 6) is -1.19. The molecule has 0 aliphatic carbocycles. The van der Waals surface area contributed by atoms with Crippen LogP contribution in [0.15, 0.2) is 48.5 Å². The lowest BCUT2D eigenvalue weighted by Gasteiger charge is -2.13. The van der Waals surface area contributed by atoms with Gasteiger partial charge in [-0.15, -0.1) is 0 Å². The Hall–Kier alpha value is -2.67. The second kappa shape index (κ2) is 6.67. The third kappa shape index (κ3) is 3.67. The van der Waals surface area contributed by atoms with Gasteiger partial charge in [-0.3, -0.25) is 4.79 Å². The van der Waals surface area contributed by atoms with E-state index in [1.165, 1.54) is 12.1 Å². The number of nitriles is 1. The molecule has 1 unspecified atom stereocenters. The van der Waals surface area contributed by atoms with Crippen LogP contribution in [0.1, 0.15) is 29.7 Å². The standard InChI is InChI=1S/C17H14FNO2/c1-12(13-6-3-2-4-7-13)21-16(20)10-14-8-5-9-15(11-19)17(14)18/h2-9,12H,10H2,1H3. The van der Waals surface area contributed by atoms with Crippen LogP contribution < -0.4 is 0 Å². The molecule has 0 N–H and O–H groups in total. The molecule has 0 saturated heterocycles. The molecule has 2 aromatic carbocycles. The normalized spacial score (nSPS) is 11.5. The minimum Gasteiger partial charge on any atom is -0.458 e. The fraction of sp³-hybridized carbons (Fsp3) is 0.176.